The molecule has 1 aliphatic rings. The third kappa shape index (κ3) is 1.46. The van der Waals surface area contributed by atoms with E-state index in [-0.39, 0.29) is 5.88 Å². The van der Waals surface area contributed by atoms with Crippen LogP contribution in [0.2, 0.25) is 0 Å². The molecular weight excluding hydrogens is 134 g/mol. The maximum atomic E-state index is 9.03. The van der Waals surface area contributed by atoms with Crippen LogP contribution in [0.1, 0.15) is 6.92 Å². The predicted octanol–water partition coefficient (Wildman–Crippen LogP) is -0.988. The normalized spacial score (nSPS) is 32.3. The highest BCUT2D eigenvalue weighted by molar-refractivity contribution is 5.82. The highest BCUT2D eigenvalue weighted by Gasteiger charge is 2.21. The molecule has 0 aromatic carbocycles. The fourth-order valence-corrected chi connectivity index (χ4v) is 0.752. The third-order valence-electron chi connectivity index (χ3n) is 1.00. The van der Waals surface area contributed by atoms with E-state index in [1.807, 2.05) is 0 Å². The van der Waals surface area contributed by atoms with Gasteiger partial charge in [-0.3, -0.25) is 5.73 Å². The third-order valence-corrected chi connectivity index (χ3v) is 1.00. The molecule has 5 nitrogen and oxygen atoms in total. The fraction of sp³-hybridized carbons (Fsp3) is 0.400. The molecule has 0 aliphatic carbocycles. The van der Waals surface area contributed by atoms with E-state index in [1.165, 1.54) is 0 Å². The van der Waals surface area contributed by atoms with Crippen LogP contribution in [0, 0.1) is 0 Å². The van der Waals surface area contributed by atoms with Gasteiger partial charge in [-0.25, -0.2) is 4.99 Å². The monoisotopic (exact) mass is 143 g/mol. The lowest BCUT2D eigenvalue weighted by atomic mass is 10.3. The number of aliphatic imine (C=N–C) groups is 1. The first kappa shape index (κ1) is 7.04. The first-order valence-electron chi connectivity index (χ1n) is 2.76. The average molecular weight is 143 g/mol. The lowest BCUT2D eigenvalue weighted by Gasteiger charge is -2.20. The molecule has 5 N–H and O–H groups in total. The molecule has 0 saturated heterocycles. The predicted molar refractivity (Wildman–Crippen MR) is 36.1 cm³/mol. The summed E-state index contributed by atoms with van der Waals surface area (Å²) in [5.74, 6) is -1.57. The Hall–Kier alpha value is -1.07. The number of nitrogens with two attached hydrogens (primary N) is 1. The van der Waals surface area contributed by atoms with Crippen molar-refractivity contribution >= 4 is 5.84 Å². The Morgan fingerprint density at radius 2 is 2.40 bits per heavy atom. The van der Waals surface area contributed by atoms with Gasteiger partial charge in [0.05, 0.1) is 0 Å². The first-order valence-corrected chi connectivity index (χ1v) is 2.76. The number of nitrogens with one attached hydrogen (secondary N) is 1. The molecule has 5 heteroatoms. The zero-order valence-corrected chi connectivity index (χ0v) is 5.50. The van der Waals surface area contributed by atoms with Crippen molar-refractivity contribution in [2.45, 2.75) is 12.8 Å². The van der Waals surface area contributed by atoms with Gasteiger partial charge in [-0.15, -0.1) is 0 Å². The van der Waals surface area contributed by atoms with E-state index in [4.69, 9.17) is 15.9 Å². The molecule has 1 heterocycles. The molecule has 56 valence electrons. The van der Waals surface area contributed by atoms with Gasteiger partial charge in [0.2, 0.25) is 5.85 Å². The van der Waals surface area contributed by atoms with Crippen LogP contribution in [-0.2, 0) is 0 Å². The summed E-state index contributed by atoms with van der Waals surface area (Å²) in [5.41, 5.74) is 5.15. The topological polar surface area (TPSA) is 90.9 Å². The van der Waals surface area contributed by atoms with Crippen LogP contribution in [-0.4, -0.2) is 21.9 Å². The van der Waals surface area contributed by atoms with E-state index in [2.05, 4.69) is 10.3 Å². The standard InChI is InChI=1S/C5H9N3O2/c1-3-7-4(9)2-5(6,10)8-3/h2,9-10H,6H2,1H3,(H,7,8). The van der Waals surface area contributed by atoms with Gasteiger partial charge in [0, 0.05) is 6.08 Å². The van der Waals surface area contributed by atoms with Crippen molar-refractivity contribution in [1.82, 2.24) is 5.32 Å². The molecule has 0 saturated carbocycles. The summed E-state index contributed by atoms with van der Waals surface area (Å²) < 4.78 is 0. The van der Waals surface area contributed by atoms with Crippen molar-refractivity contribution in [1.29, 1.82) is 0 Å². The van der Waals surface area contributed by atoms with E-state index in [0.717, 1.165) is 6.08 Å². The van der Waals surface area contributed by atoms with Gasteiger partial charge in [0.1, 0.15) is 5.84 Å². The lowest BCUT2D eigenvalue weighted by Crippen LogP contribution is -2.42. The minimum Gasteiger partial charge on any atom is -0.495 e. The van der Waals surface area contributed by atoms with Crippen molar-refractivity contribution in [2.24, 2.45) is 10.7 Å². The fourth-order valence-electron chi connectivity index (χ4n) is 0.752. The number of rotatable bonds is 0. The number of amidine groups is 1. The van der Waals surface area contributed by atoms with E-state index in [1.54, 1.807) is 6.92 Å². The molecular formula is C5H9N3O2. The molecule has 0 radical (unpaired) electrons. The second-order valence-electron chi connectivity index (χ2n) is 2.13. The van der Waals surface area contributed by atoms with E-state index >= 15 is 0 Å². The lowest BCUT2D eigenvalue weighted by molar-refractivity contribution is 0.100. The number of aliphatic hydroxyl groups is 2. The molecule has 0 spiro atoms. The largest absolute Gasteiger partial charge is 0.495 e. The number of aliphatic hydroxyl groups excluding tert-OH is 1. The van der Waals surface area contributed by atoms with Gasteiger partial charge >= 0.3 is 0 Å². The van der Waals surface area contributed by atoms with Gasteiger partial charge < -0.3 is 15.5 Å². The highest BCUT2D eigenvalue weighted by Crippen LogP contribution is 2.06. The van der Waals surface area contributed by atoms with Crippen LogP contribution in [0.3, 0.4) is 0 Å². The van der Waals surface area contributed by atoms with Gasteiger partial charge in [-0.1, -0.05) is 0 Å². The van der Waals surface area contributed by atoms with Crippen LogP contribution in [0.5, 0.6) is 0 Å². The average Bonchev–Trinajstić information content (AvgIpc) is 1.54. The van der Waals surface area contributed by atoms with Crippen LogP contribution >= 0.6 is 0 Å². The Morgan fingerprint density at radius 1 is 1.80 bits per heavy atom. The van der Waals surface area contributed by atoms with Gasteiger partial charge in [-0.2, -0.15) is 0 Å². The Morgan fingerprint density at radius 3 is 2.80 bits per heavy atom. The van der Waals surface area contributed by atoms with Crippen LogP contribution in [0.25, 0.3) is 0 Å². The molecule has 1 atom stereocenters. The maximum absolute atomic E-state index is 9.03. The summed E-state index contributed by atoms with van der Waals surface area (Å²) >= 11 is 0. The van der Waals surface area contributed by atoms with E-state index in [9.17, 15) is 0 Å². The summed E-state index contributed by atoms with van der Waals surface area (Å²) in [5, 5.41) is 20.3. The summed E-state index contributed by atoms with van der Waals surface area (Å²) in [6.45, 7) is 1.58. The Kier molecular flexibility index (Phi) is 1.38. The molecule has 0 amide bonds. The SMILES string of the molecule is CC1=NC(N)(O)C=C(O)N1. The Bertz CT molecular complexity index is 187. The molecule has 0 fully saturated rings. The van der Waals surface area contributed by atoms with Crippen molar-refractivity contribution < 1.29 is 10.2 Å². The summed E-state index contributed by atoms with van der Waals surface area (Å²) in [7, 11) is 0. The van der Waals surface area contributed by atoms with E-state index in [0.29, 0.717) is 5.84 Å². The van der Waals surface area contributed by atoms with Crippen molar-refractivity contribution in [3.63, 3.8) is 0 Å². The van der Waals surface area contributed by atoms with Crippen molar-refractivity contribution in [3.05, 3.63) is 12.0 Å². The number of hydrogen-bond acceptors (Lipinski definition) is 5. The van der Waals surface area contributed by atoms with Crippen LogP contribution < -0.4 is 11.1 Å². The first-order chi connectivity index (χ1) is 4.49. The Labute approximate surface area is 57.9 Å². The van der Waals surface area contributed by atoms with E-state index < -0.39 is 5.85 Å². The van der Waals surface area contributed by atoms with Gasteiger partial charge in [0.25, 0.3) is 0 Å². The zero-order chi connectivity index (χ0) is 7.78. The molecule has 1 rings (SSSR count). The van der Waals surface area contributed by atoms with Gasteiger partial charge in [0.15, 0.2) is 5.88 Å². The molecule has 0 aromatic rings. The summed E-state index contributed by atoms with van der Waals surface area (Å²) in [6, 6.07) is 0. The molecule has 0 aromatic heterocycles. The van der Waals surface area contributed by atoms with Gasteiger partial charge in [-0.05, 0) is 6.92 Å². The number of hydrogen-bond donors (Lipinski definition) is 4. The second kappa shape index (κ2) is 1.96. The zero-order valence-electron chi connectivity index (χ0n) is 5.50. The molecule has 0 bridgehead atoms. The van der Waals surface area contributed by atoms with Crippen LogP contribution in [0.15, 0.2) is 17.0 Å². The minimum atomic E-state index is -1.76. The number of nitrogens with zero attached hydrogens (tertiary/aromatic N) is 1. The minimum absolute atomic E-state index is 0.183. The van der Waals surface area contributed by atoms with Crippen molar-refractivity contribution in [2.75, 3.05) is 0 Å². The summed E-state index contributed by atoms with van der Waals surface area (Å²) in [6.07, 6.45) is 1.01. The van der Waals surface area contributed by atoms with Crippen molar-refractivity contribution in [3.8, 4) is 0 Å². The highest BCUT2D eigenvalue weighted by atomic mass is 16.3. The molecule has 1 unspecified atom stereocenters. The smallest absolute Gasteiger partial charge is 0.238 e. The molecule has 1 aliphatic heterocycles. The summed E-state index contributed by atoms with van der Waals surface area (Å²) in [4.78, 5) is 3.57. The quantitative estimate of drug-likeness (QED) is 0.328. The van der Waals surface area contributed by atoms with Crippen LogP contribution in [0.4, 0.5) is 0 Å². The maximum Gasteiger partial charge on any atom is 0.238 e. The second-order valence-corrected chi connectivity index (χ2v) is 2.13. The molecule has 10 heavy (non-hydrogen) atoms. The Balaban J connectivity index is 2.88.